The van der Waals surface area contributed by atoms with E-state index in [2.05, 4.69) is 59.8 Å². The van der Waals surface area contributed by atoms with Crippen molar-refractivity contribution in [3.05, 3.63) is 31.8 Å². The van der Waals surface area contributed by atoms with Crippen molar-refractivity contribution < 1.29 is 4.79 Å². The monoisotopic (exact) mass is 513 g/mol. The summed E-state index contributed by atoms with van der Waals surface area (Å²) < 4.78 is 1.93. The first-order valence-corrected chi connectivity index (χ1v) is 9.90. The van der Waals surface area contributed by atoms with Crippen LogP contribution in [0.25, 0.3) is 0 Å². The van der Waals surface area contributed by atoms with Gasteiger partial charge in [0, 0.05) is 19.9 Å². The summed E-state index contributed by atoms with van der Waals surface area (Å²) in [6, 6.07) is 5.84. The molecule has 2 nitrogen and oxygen atoms in total. The molecule has 2 rings (SSSR count). The van der Waals surface area contributed by atoms with Crippen molar-refractivity contribution in [2.75, 3.05) is 11.9 Å². The Morgan fingerprint density at radius 1 is 1.30 bits per heavy atom. The Morgan fingerprint density at radius 2 is 2.00 bits per heavy atom. The molecule has 1 aromatic carbocycles. The normalized spacial score (nSPS) is 22.6. The van der Waals surface area contributed by atoms with Gasteiger partial charge in [-0.25, -0.2) is 0 Å². The molecule has 0 radical (unpaired) electrons. The predicted molar refractivity (Wildman–Crippen MR) is 98.4 cm³/mol. The van der Waals surface area contributed by atoms with Crippen LogP contribution in [0.2, 0.25) is 0 Å². The fourth-order valence-electron chi connectivity index (χ4n) is 2.75. The van der Waals surface area contributed by atoms with E-state index in [4.69, 9.17) is 0 Å². The van der Waals surface area contributed by atoms with E-state index >= 15 is 0 Å². The van der Waals surface area contributed by atoms with Crippen molar-refractivity contribution >= 4 is 60.4 Å². The first kappa shape index (κ1) is 16.7. The van der Waals surface area contributed by atoms with Crippen LogP contribution in [0.1, 0.15) is 36.0 Å². The summed E-state index contributed by atoms with van der Waals surface area (Å²) in [5.74, 6) is 1.33. The third-order valence-corrected chi connectivity index (χ3v) is 6.16. The molecule has 0 heterocycles. The van der Waals surface area contributed by atoms with Gasteiger partial charge in [0.1, 0.15) is 0 Å². The van der Waals surface area contributed by atoms with E-state index in [0.717, 1.165) is 25.5 Å². The Morgan fingerprint density at radius 3 is 2.70 bits per heavy atom. The molecular weight excluding hydrogens is 497 g/mol. The summed E-state index contributed by atoms with van der Waals surface area (Å²) in [5.41, 5.74) is 0.725. The highest BCUT2D eigenvalue weighted by Crippen LogP contribution is 2.31. The van der Waals surface area contributed by atoms with Crippen LogP contribution in [0.4, 0.5) is 0 Å². The fraction of sp³-hybridized carbons (Fsp3) is 0.533. The molecular formula is C15H18Br2INO. The van der Waals surface area contributed by atoms with Gasteiger partial charge < -0.3 is 5.32 Å². The van der Waals surface area contributed by atoms with Crippen LogP contribution in [-0.4, -0.2) is 17.8 Å². The van der Waals surface area contributed by atoms with Gasteiger partial charge in [0.2, 0.25) is 0 Å². The number of amides is 1. The zero-order valence-electron chi connectivity index (χ0n) is 11.2. The lowest BCUT2D eigenvalue weighted by Crippen LogP contribution is -2.35. The van der Waals surface area contributed by atoms with Crippen molar-refractivity contribution in [1.82, 2.24) is 5.32 Å². The summed E-state index contributed by atoms with van der Waals surface area (Å²) in [7, 11) is 0. The van der Waals surface area contributed by atoms with Gasteiger partial charge in [0.05, 0.1) is 5.56 Å². The van der Waals surface area contributed by atoms with E-state index in [-0.39, 0.29) is 5.91 Å². The Bertz CT molecular complexity index is 481. The molecule has 0 aromatic heterocycles. The average Bonchev–Trinajstić information content (AvgIpc) is 2.47. The van der Waals surface area contributed by atoms with Crippen molar-refractivity contribution in [2.45, 2.75) is 25.7 Å². The first-order valence-electron chi connectivity index (χ1n) is 6.91. The number of benzene rings is 1. The zero-order valence-corrected chi connectivity index (χ0v) is 16.5. The molecule has 1 saturated carbocycles. The lowest BCUT2D eigenvalue weighted by atomic mass is 9.80. The van der Waals surface area contributed by atoms with Crippen LogP contribution in [0, 0.1) is 15.4 Å². The molecule has 5 heteroatoms. The van der Waals surface area contributed by atoms with Gasteiger partial charge in [0.15, 0.2) is 0 Å². The number of hydrogen-bond acceptors (Lipinski definition) is 1. The van der Waals surface area contributed by atoms with E-state index in [9.17, 15) is 4.79 Å². The van der Waals surface area contributed by atoms with Gasteiger partial charge in [-0.1, -0.05) is 28.8 Å². The maximum absolute atomic E-state index is 12.3. The smallest absolute Gasteiger partial charge is 0.252 e. The van der Waals surface area contributed by atoms with Gasteiger partial charge >= 0.3 is 0 Å². The van der Waals surface area contributed by atoms with Gasteiger partial charge in [-0.15, -0.1) is 0 Å². The van der Waals surface area contributed by atoms with Gasteiger partial charge in [-0.2, -0.15) is 0 Å². The second-order valence-corrected chi connectivity index (χ2v) is 8.04. The summed E-state index contributed by atoms with van der Waals surface area (Å²) in [4.78, 5) is 12.3. The van der Waals surface area contributed by atoms with Gasteiger partial charge in [-0.3, -0.25) is 4.79 Å². The van der Waals surface area contributed by atoms with E-state index in [1.165, 1.54) is 25.7 Å². The van der Waals surface area contributed by atoms with Gasteiger partial charge in [-0.05, 0) is 81.4 Å². The number of hydrogen-bond donors (Lipinski definition) is 1. The predicted octanol–water partition coefficient (Wildman–Crippen LogP) is 4.98. The number of carbonyl (C=O) groups is 1. The third-order valence-electron chi connectivity index (χ3n) is 3.96. The van der Waals surface area contributed by atoms with Crippen LogP contribution < -0.4 is 5.32 Å². The molecule has 1 amide bonds. The van der Waals surface area contributed by atoms with Crippen molar-refractivity contribution in [3.8, 4) is 0 Å². The van der Waals surface area contributed by atoms with E-state index < -0.39 is 0 Å². The fourth-order valence-corrected chi connectivity index (χ4v) is 4.52. The Hall–Kier alpha value is 0.380. The van der Waals surface area contributed by atoms with Crippen molar-refractivity contribution in [2.24, 2.45) is 11.8 Å². The summed E-state index contributed by atoms with van der Waals surface area (Å²) in [6.45, 7) is 0.785. The molecule has 2 atom stereocenters. The molecule has 1 N–H and O–H groups in total. The molecule has 1 aliphatic carbocycles. The lowest BCUT2D eigenvalue weighted by Gasteiger charge is -2.30. The van der Waals surface area contributed by atoms with Crippen molar-refractivity contribution in [3.63, 3.8) is 0 Å². The molecule has 0 bridgehead atoms. The maximum Gasteiger partial charge on any atom is 0.252 e. The highest BCUT2D eigenvalue weighted by Gasteiger charge is 2.24. The van der Waals surface area contributed by atoms with Crippen LogP contribution in [0.15, 0.2) is 22.7 Å². The number of carbonyl (C=O) groups excluding carboxylic acids is 1. The second-order valence-electron chi connectivity index (χ2n) is 5.29. The number of rotatable bonds is 4. The second kappa shape index (κ2) is 8.13. The quantitative estimate of drug-likeness (QED) is 0.445. The standard InChI is InChI=1S/C15H18Br2INO/c16-8-10-3-1-2-4-11(10)9-19-15(20)13-7-12(18)5-6-14(13)17/h5-7,10-11H,1-4,8-9H2,(H,19,20). The van der Waals surface area contributed by atoms with E-state index in [1.807, 2.05) is 18.2 Å². The highest BCUT2D eigenvalue weighted by atomic mass is 127. The number of nitrogens with one attached hydrogen (secondary N) is 1. The minimum Gasteiger partial charge on any atom is -0.352 e. The van der Waals surface area contributed by atoms with Crippen molar-refractivity contribution in [1.29, 1.82) is 0 Å². The maximum atomic E-state index is 12.3. The number of alkyl halides is 1. The summed E-state index contributed by atoms with van der Waals surface area (Å²) in [5, 5.41) is 4.15. The molecule has 1 aromatic rings. The van der Waals surface area contributed by atoms with Crippen LogP contribution in [0.3, 0.4) is 0 Å². The molecule has 20 heavy (non-hydrogen) atoms. The lowest BCUT2D eigenvalue weighted by molar-refractivity contribution is 0.0936. The molecule has 1 aliphatic rings. The Labute approximate surface area is 150 Å². The minimum atomic E-state index is 0.0225. The molecule has 1 fully saturated rings. The first-order chi connectivity index (χ1) is 9.61. The van der Waals surface area contributed by atoms with E-state index in [0.29, 0.717) is 11.8 Å². The van der Waals surface area contributed by atoms with Gasteiger partial charge in [0.25, 0.3) is 5.91 Å². The third kappa shape index (κ3) is 4.44. The minimum absolute atomic E-state index is 0.0225. The molecule has 0 aliphatic heterocycles. The summed E-state index contributed by atoms with van der Waals surface area (Å²) >= 11 is 9.28. The highest BCUT2D eigenvalue weighted by molar-refractivity contribution is 14.1. The topological polar surface area (TPSA) is 29.1 Å². The molecule has 110 valence electrons. The Balaban J connectivity index is 1.96. The van der Waals surface area contributed by atoms with Crippen LogP contribution in [0.5, 0.6) is 0 Å². The average molecular weight is 515 g/mol. The molecule has 0 saturated heterocycles. The van der Waals surface area contributed by atoms with Crippen LogP contribution >= 0.6 is 54.5 Å². The number of halogens is 3. The SMILES string of the molecule is O=C(NCC1CCCCC1CBr)c1cc(I)ccc1Br. The zero-order chi connectivity index (χ0) is 14.5. The molecule has 0 spiro atoms. The Kier molecular flexibility index (Phi) is 6.81. The molecule has 2 unspecified atom stereocenters. The van der Waals surface area contributed by atoms with E-state index in [1.54, 1.807) is 0 Å². The van der Waals surface area contributed by atoms with Crippen LogP contribution in [-0.2, 0) is 0 Å². The largest absolute Gasteiger partial charge is 0.352 e. The summed E-state index contributed by atoms with van der Waals surface area (Å²) in [6.07, 6.45) is 5.11.